The molecule has 0 aliphatic carbocycles. The van der Waals surface area contributed by atoms with E-state index in [1.54, 1.807) is 24.3 Å². The SMILES string of the molecule is C=CC(=O)Oc1ccc(-c2ccc(-c3ccc(-c4ccc(OC(=O)C=C)cc4F)o3)cc2)cc1. The molecule has 0 amide bonds. The number of benzene rings is 3. The summed E-state index contributed by atoms with van der Waals surface area (Å²) < 4.78 is 30.4. The van der Waals surface area contributed by atoms with Gasteiger partial charge < -0.3 is 13.9 Å². The van der Waals surface area contributed by atoms with Crippen molar-refractivity contribution >= 4 is 11.9 Å². The number of carbonyl (C=O) groups excluding carboxylic acids is 2. The molecule has 0 bridgehead atoms. The van der Waals surface area contributed by atoms with Crippen LogP contribution >= 0.6 is 0 Å². The van der Waals surface area contributed by atoms with Crippen LogP contribution in [0.2, 0.25) is 0 Å². The highest BCUT2D eigenvalue weighted by Gasteiger charge is 2.13. The highest BCUT2D eigenvalue weighted by molar-refractivity contribution is 5.84. The second kappa shape index (κ2) is 9.83. The van der Waals surface area contributed by atoms with Gasteiger partial charge in [0.15, 0.2) is 0 Å². The summed E-state index contributed by atoms with van der Waals surface area (Å²) in [6, 6.07) is 22.3. The van der Waals surface area contributed by atoms with Crippen molar-refractivity contribution in [1.82, 2.24) is 0 Å². The van der Waals surface area contributed by atoms with E-state index in [1.165, 1.54) is 12.1 Å². The minimum absolute atomic E-state index is 0.0837. The topological polar surface area (TPSA) is 65.7 Å². The Labute approximate surface area is 195 Å². The molecule has 1 heterocycles. The number of ether oxygens (including phenoxy) is 2. The molecule has 0 atom stereocenters. The zero-order valence-electron chi connectivity index (χ0n) is 18.0. The number of hydrogen-bond acceptors (Lipinski definition) is 5. The van der Waals surface area contributed by atoms with E-state index in [2.05, 4.69) is 13.2 Å². The van der Waals surface area contributed by atoms with Crippen molar-refractivity contribution in [2.45, 2.75) is 0 Å². The molecule has 0 unspecified atom stereocenters. The van der Waals surface area contributed by atoms with Crippen LogP contribution < -0.4 is 9.47 Å². The monoisotopic (exact) mass is 454 g/mol. The van der Waals surface area contributed by atoms with Crippen molar-refractivity contribution in [3.63, 3.8) is 0 Å². The third-order valence-corrected chi connectivity index (χ3v) is 4.94. The summed E-state index contributed by atoms with van der Waals surface area (Å²) in [4.78, 5) is 22.6. The minimum Gasteiger partial charge on any atom is -0.456 e. The van der Waals surface area contributed by atoms with Crippen LogP contribution in [0.4, 0.5) is 4.39 Å². The average molecular weight is 454 g/mol. The van der Waals surface area contributed by atoms with E-state index in [0.29, 0.717) is 17.3 Å². The molecule has 0 N–H and O–H groups in total. The Morgan fingerprint density at radius 1 is 0.676 bits per heavy atom. The molecule has 0 radical (unpaired) electrons. The summed E-state index contributed by atoms with van der Waals surface area (Å²) in [5.41, 5.74) is 2.99. The number of furan rings is 1. The van der Waals surface area contributed by atoms with Gasteiger partial charge in [-0.15, -0.1) is 0 Å². The highest BCUT2D eigenvalue weighted by Crippen LogP contribution is 2.33. The Hall–Kier alpha value is -4.71. The number of halogens is 1. The van der Waals surface area contributed by atoms with Crippen LogP contribution in [-0.4, -0.2) is 11.9 Å². The number of hydrogen-bond donors (Lipinski definition) is 0. The smallest absolute Gasteiger partial charge is 0.335 e. The fourth-order valence-corrected chi connectivity index (χ4v) is 3.25. The van der Waals surface area contributed by atoms with Crippen LogP contribution in [0, 0.1) is 5.82 Å². The van der Waals surface area contributed by atoms with E-state index in [9.17, 15) is 14.0 Å². The van der Waals surface area contributed by atoms with Gasteiger partial charge in [-0.2, -0.15) is 0 Å². The zero-order valence-corrected chi connectivity index (χ0v) is 18.0. The van der Waals surface area contributed by atoms with Crippen LogP contribution in [-0.2, 0) is 9.59 Å². The molecule has 0 fully saturated rings. The van der Waals surface area contributed by atoms with Gasteiger partial charge in [0.1, 0.15) is 28.8 Å². The van der Waals surface area contributed by atoms with E-state index >= 15 is 0 Å². The lowest BCUT2D eigenvalue weighted by atomic mass is 10.0. The molecule has 0 spiro atoms. The number of esters is 2. The Morgan fingerprint density at radius 3 is 1.76 bits per heavy atom. The van der Waals surface area contributed by atoms with Gasteiger partial charge >= 0.3 is 11.9 Å². The van der Waals surface area contributed by atoms with E-state index in [4.69, 9.17) is 13.9 Å². The fourth-order valence-electron chi connectivity index (χ4n) is 3.25. The van der Waals surface area contributed by atoms with Gasteiger partial charge in [-0.3, -0.25) is 0 Å². The fraction of sp³-hybridized carbons (Fsp3) is 0. The zero-order chi connectivity index (χ0) is 24.1. The third-order valence-electron chi connectivity index (χ3n) is 4.94. The Bertz CT molecular complexity index is 1360. The molecule has 5 nitrogen and oxygen atoms in total. The lowest BCUT2D eigenvalue weighted by Crippen LogP contribution is -2.03. The first kappa shape index (κ1) is 22.5. The number of carbonyl (C=O) groups is 2. The first-order valence-electron chi connectivity index (χ1n) is 10.3. The van der Waals surface area contributed by atoms with Gasteiger partial charge in [-0.1, -0.05) is 49.6 Å². The van der Waals surface area contributed by atoms with Gasteiger partial charge in [0.05, 0.1) is 5.56 Å². The summed E-state index contributed by atoms with van der Waals surface area (Å²) >= 11 is 0. The summed E-state index contributed by atoms with van der Waals surface area (Å²) in [5, 5.41) is 0. The van der Waals surface area contributed by atoms with E-state index in [1.807, 2.05) is 36.4 Å². The summed E-state index contributed by atoms with van der Waals surface area (Å²) in [6.45, 7) is 6.69. The van der Waals surface area contributed by atoms with Gasteiger partial charge in [0.2, 0.25) is 0 Å². The maximum absolute atomic E-state index is 14.6. The van der Waals surface area contributed by atoms with Crippen molar-refractivity contribution in [2.24, 2.45) is 0 Å². The minimum atomic E-state index is -0.664. The normalized spacial score (nSPS) is 10.4. The molecular formula is C28H19FO5. The maximum Gasteiger partial charge on any atom is 0.335 e. The average Bonchev–Trinajstić information content (AvgIpc) is 3.34. The Kier molecular flexibility index (Phi) is 6.50. The molecule has 0 aliphatic rings. The molecule has 3 aromatic carbocycles. The maximum atomic E-state index is 14.6. The van der Waals surface area contributed by atoms with Crippen LogP contribution in [0.3, 0.4) is 0 Å². The van der Waals surface area contributed by atoms with Gasteiger partial charge in [-0.25, -0.2) is 14.0 Å². The Balaban J connectivity index is 1.50. The standard InChI is InChI=1S/C28H19FO5/c1-3-27(30)32-21-11-9-19(10-12-21)18-5-7-20(8-6-18)25-15-16-26(34-25)23-14-13-22(17-24(23)29)33-28(31)4-2/h3-17H,1-2H2. The molecule has 0 saturated carbocycles. The summed E-state index contributed by atoms with van der Waals surface area (Å²) in [6.07, 6.45) is 2.11. The molecule has 4 rings (SSSR count). The van der Waals surface area contributed by atoms with Gasteiger partial charge in [0.25, 0.3) is 0 Å². The molecule has 0 saturated heterocycles. The molecular weight excluding hydrogens is 435 g/mol. The predicted molar refractivity (Wildman–Crippen MR) is 127 cm³/mol. The van der Waals surface area contributed by atoms with Crippen molar-refractivity contribution in [2.75, 3.05) is 0 Å². The van der Waals surface area contributed by atoms with Gasteiger partial charge in [0, 0.05) is 23.8 Å². The summed E-state index contributed by atoms with van der Waals surface area (Å²) in [7, 11) is 0. The van der Waals surface area contributed by atoms with E-state index in [-0.39, 0.29) is 11.3 Å². The van der Waals surface area contributed by atoms with Crippen LogP contribution in [0.1, 0.15) is 0 Å². The molecule has 34 heavy (non-hydrogen) atoms. The van der Waals surface area contributed by atoms with Crippen LogP contribution in [0.5, 0.6) is 11.5 Å². The third kappa shape index (κ3) is 5.02. The lowest BCUT2D eigenvalue weighted by molar-refractivity contribution is -0.129. The van der Waals surface area contributed by atoms with Crippen LogP contribution in [0.15, 0.2) is 109 Å². The Morgan fingerprint density at radius 2 is 1.18 bits per heavy atom. The lowest BCUT2D eigenvalue weighted by Gasteiger charge is -2.06. The van der Waals surface area contributed by atoms with Crippen LogP contribution in [0.25, 0.3) is 33.8 Å². The van der Waals surface area contributed by atoms with Crippen molar-refractivity contribution < 1.29 is 27.9 Å². The highest BCUT2D eigenvalue weighted by atomic mass is 19.1. The molecule has 1 aromatic heterocycles. The largest absolute Gasteiger partial charge is 0.456 e. The first-order valence-corrected chi connectivity index (χ1v) is 10.3. The van der Waals surface area contributed by atoms with Crippen molar-refractivity contribution in [3.05, 3.63) is 110 Å². The first-order chi connectivity index (χ1) is 16.5. The van der Waals surface area contributed by atoms with E-state index < -0.39 is 17.8 Å². The molecule has 4 aromatic rings. The van der Waals surface area contributed by atoms with E-state index in [0.717, 1.165) is 34.9 Å². The number of rotatable bonds is 7. The summed E-state index contributed by atoms with van der Waals surface area (Å²) in [5.74, 6) is -0.303. The molecule has 0 aliphatic heterocycles. The molecule has 168 valence electrons. The second-order valence-electron chi connectivity index (χ2n) is 7.16. The predicted octanol–water partition coefficient (Wildman–Crippen LogP) is 6.60. The molecule has 6 heteroatoms. The van der Waals surface area contributed by atoms with Crippen molar-refractivity contribution in [1.29, 1.82) is 0 Å². The van der Waals surface area contributed by atoms with Crippen molar-refractivity contribution in [3.8, 4) is 45.3 Å². The second-order valence-corrected chi connectivity index (χ2v) is 7.16. The van der Waals surface area contributed by atoms with Gasteiger partial charge in [-0.05, 0) is 47.5 Å². The quantitative estimate of drug-likeness (QED) is 0.179.